The Hall–Kier alpha value is -2.18. The van der Waals surface area contributed by atoms with Crippen molar-refractivity contribution in [1.82, 2.24) is 14.7 Å². The standard InChI is InChI=1S/C22H29N3O3/c1-17-14-20(23-24(17)2)21(26)25-11-9-22(10-12-25)15-19(8-13-28-22)27-16-18-6-4-3-5-7-18/h3-7,14,19H,8-13,15-16H2,1-2H3. The summed E-state index contributed by atoms with van der Waals surface area (Å²) in [6, 6.07) is 12.2. The van der Waals surface area contributed by atoms with E-state index in [0.717, 1.165) is 38.0 Å². The molecule has 28 heavy (non-hydrogen) atoms. The summed E-state index contributed by atoms with van der Waals surface area (Å²) in [4.78, 5) is 14.7. The van der Waals surface area contributed by atoms with Crippen LogP contribution < -0.4 is 0 Å². The van der Waals surface area contributed by atoms with Gasteiger partial charge in [0.05, 0.1) is 18.3 Å². The van der Waals surface area contributed by atoms with E-state index in [9.17, 15) is 4.79 Å². The number of ether oxygens (including phenoxy) is 2. The summed E-state index contributed by atoms with van der Waals surface area (Å²) in [5.41, 5.74) is 2.57. The molecule has 2 fully saturated rings. The van der Waals surface area contributed by atoms with E-state index in [0.29, 0.717) is 25.4 Å². The average Bonchev–Trinajstić information content (AvgIpc) is 3.06. The molecule has 2 saturated heterocycles. The van der Waals surface area contributed by atoms with Crippen molar-refractivity contribution in [2.75, 3.05) is 19.7 Å². The molecule has 1 aromatic heterocycles. The van der Waals surface area contributed by atoms with Gasteiger partial charge in [0.2, 0.25) is 0 Å². The smallest absolute Gasteiger partial charge is 0.274 e. The minimum atomic E-state index is -0.156. The molecule has 2 aromatic rings. The SMILES string of the molecule is Cc1cc(C(=O)N2CCC3(CC2)CC(OCc2ccccc2)CCO3)nn1C. The zero-order valence-corrected chi connectivity index (χ0v) is 16.8. The summed E-state index contributed by atoms with van der Waals surface area (Å²) < 4.78 is 14.1. The Morgan fingerprint density at radius 1 is 1.29 bits per heavy atom. The zero-order chi connectivity index (χ0) is 19.6. The first-order valence-corrected chi connectivity index (χ1v) is 10.1. The summed E-state index contributed by atoms with van der Waals surface area (Å²) in [6.45, 7) is 4.75. The van der Waals surface area contributed by atoms with E-state index in [-0.39, 0.29) is 17.6 Å². The molecule has 0 bridgehead atoms. The predicted molar refractivity (Wildman–Crippen MR) is 106 cm³/mol. The lowest BCUT2D eigenvalue weighted by molar-refractivity contribution is -0.154. The molecule has 4 rings (SSSR count). The normalized spacial score (nSPS) is 21.8. The van der Waals surface area contributed by atoms with Crippen molar-refractivity contribution in [2.45, 2.75) is 50.9 Å². The number of hydrogen-bond donors (Lipinski definition) is 0. The number of nitrogens with zero attached hydrogens (tertiary/aromatic N) is 3. The highest BCUT2D eigenvalue weighted by Crippen LogP contribution is 2.36. The molecule has 1 unspecified atom stereocenters. The molecule has 6 heteroatoms. The van der Waals surface area contributed by atoms with Crippen LogP contribution in [0.25, 0.3) is 0 Å². The summed E-state index contributed by atoms with van der Waals surface area (Å²) in [6.07, 6.45) is 3.77. The Morgan fingerprint density at radius 2 is 2.04 bits per heavy atom. The lowest BCUT2D eigenvalue weighted by Crippen LogP contribution is -2.52. The van der Waals surface area contributed by atoms with E-state index in [1.807, 2.05) is 43.1 Å². The summed E-state index contributed by atoms with van der Waals surface area (Å²) in [5.74, 6) is 0.0197. The van der Waals surface area contributed by atoms with Gasteiger partial charge in [-0.1, -0.05) is 30.3 Å². The Balaban J connectivity index is 1.32. The monoisotopic (exact) mass is 383 g/mol. The highest BCUT2D eigenvalue weighted by molar-refractivity contribution is 5.92. The summed E-state index contributed by atoms with van der Waals surface area (Å²) in [7, 11) is 1.86. The Morgan fingerprint density at radius 3 is 2.71 bits per heavy atom. The lowest BCUT2D eigenvalue weighted by atomic mass is 9.83. The third kappa shape index (κ3) is 4.13. The number of aryl methyl sites for hydroxylation is 2. The van der Waals surface area contributed by atoms with Crippen molar-refractivity contribution in [3.63, 3.8) is 0 Å². The third-order valence-corrected chi connectivity index (χ3v) is 6.07. The number of aromatic nitrogens is 2. The molecule has 1 atom stereocenters. The molecule has 150 valence electrons. The molecule has 0 radical (unpaired) electrons. The topological polar surface area (TPSA) is 56.6 Å². The maximum atomic E-state index is 12.7. The van der Waals surface area contributed by atoms with Crippen LogP contribution in [0.1, 0.15) is 47.4 Å². The third-order valence-electron chi connectivity index (χ3n) is 6.07. The van der Waals surface area contributed by atoms with Crippen molar-refractivity contribution < 1.29 is 14.3 Å². The summed E-state index contributed by atoms with van der Waals surface area (Å²) >= 11 is 0. The second kappa shape index (κ2) is 8.05. The molecule has 0 saturated carbocycles. The van der Waals surface area contributed by atoms with Crippen molar-refractivity contribution in [2.24, 2.45) is 7.05 Å². The number of carbonyl (C=O) groups excluding carboxylic acids is 1. The van der Waals surface area contributed by atoms with Crippen LogP contribution in [-0.2, 0) is 23.1 Å². The van der Waals surface area contributed by atoms with Gasteiger partial charge in [0.1, 0.15) is 0 Å². The van der Waals surface area contributed by atoms with Crippen LogP contribution in [0.2, 0.25) is 0 Å². The lowest BCUT2D eigenvalue weighted by Gasteiger charge is -2.46. The van der Waals surface area contributed by atoms with Crippen LogP contribution in [-0.4, -0.2) is 52.0 Å². The molecule has 1 spiro atoms. The van der Waals surface area contributed by atoms with E-state index in [1.165, 1.54) is 5.56 Å². The molecule has 2 aliphatic rings. The highest BCUT2D eigenvalue weighted by atomic mass is 16.5. The van der Waals surface area contributed by atoms with E-state index in [4.69, 9.17) is 9.47 Å². The minimum Gasteiger partial charge on any atom is -0.375 e. The molecular weight excluding hydrogens is 354 g/mol. The molecular formula is C22H29N3O3. The zero-order valence-electron chi connectivity index (χ0n) is 16.8. The molecule has 3 heterocycles. The van der Waals surface area contributed by atoms with Gasteiger partial charge in [-0.25, -0.2) is 0 Å². The van der Waals surface area contributed by atoms with Crippen molar-refractivity contribution in [3.8, 4) is 0 Å². The number of rotatable bonds is 4. The number of carbonyl (C=O) groups is 1. The molecule has 1 aromatic carbocycles. The predicted octanol–water partition coefficient (Wildman–Crippen LogP) is 3.10. The first kappa shape index (κ1) is 19.2. The maximum Gasteiger partial charge on any atom is 0.274 e. The van der Waals surface area contributed by atoms with E-state index >= 15 is 0 Å². The second-order valence-corrected chi connectivity index (χ2v) is 8.03. The van der Waals surface area contributed by atoms with E-state index in [1.54, 1.807) is 4.68 Å². The fraction of sp³-hybridized carbons (Fsp3) is 0.545. The van der Waals surface area contributed by atoms with Gasteiger partial charge < -0.3 is 14.4 Å². The quantitative estimate of drug-likeness (QED) is 0.814. The van der Waals surface area contributed by atoms with Gasteiger partial charge >= 0.3 is 0 Å². The number of piperidine rings is 1. The minimum absolute atomic E-state index is 0.0197. The Bertz CT molecular complexity index is 790. The van der Waals surface area contributed by atoms with Crippen LogP contribution in [0, 0.1) is 6.92 Å². The van der Waals surface area contributed by atoms with Crippen molar-refractivity contribution >= 4 is 5.91 Å². The van der Waals surface area contributed by atoms with Gasteiger partial charge in [-0.2, -0.15) is 5.10 Å². The molecule has 0 aliphatic carbocycles. The van der Waals surface area contributed by atoms with Gasteiger partial charge in [-0.15, -0.1) is 0 Å². The Labute approximate surface area is 166 Å². The first-order valence-electron chi connectivity index (χ1n) is 10.1. The van der Waals surface area contributed by atoms with Crippen LogP contribution in [0.5, 0.6) is 0 Å². The van der Waals surface area contributed by atoms with Gasteiger partial charge in [-0.05, 0) is 37.8 Å². The van der Waals surface area contributed by atoms with Crippen LogP contribution in [0.3, 0.4) is 0 Å². The van der Waals surface area contributed by atoms with Gasteiger partial charge in [0.25, 0.3) is 5.91 Å². The largest absolute Gasteiger partial charge is 0.375 e. The van der Waals surface area contributed by atoms with E-state index < -0.39 is 0 Å². The highest BCUT2D eigenvalue weighted by Gasteiger charge is 2.41. The van der Waals surface area contributed by atoms with E-state index in [2.05, 4.69) is 17.2 Å². The molecule has 2 aliphatic heterocycles. The fourth-order valence-corrected chi connectivity index (χ4v) is 4.21. The molecule has 6 nitrogen and oxygen atoms in total. The number of amides is 1. The Kier molecular flexibility index (Phi) is 5.51. The fourth-order valence-electron chi connectivity index (χ4n) is 4.21. The molecule has 0 N–H and O–H groups in total. The number of likely N-dealkylation sites (tertiary alicyclic amines) is 1. The molecule has 1 amide bonds. The van der Waals surface area contributed by atoms with Crippen LogP contribution in [0.4, 0.5) is 0 Å². The number of benzene rings is 1. The van der Waals surface area contributed by atoms with Crippen molar-refractivity contribution in [3.05, 3.63) is 53.3 Å². The van der Waals surface area contributed by atoms with Gasteiger partial charge in [-0.3, -0.25) is 9.48 Å². The average molecular weight is 383 g/mol. The van der Waals surface area contributed by atoms with Crippen LogP contribution >= 0.6 is 0 Å². The number of hydrogen-bond acceptors (Lipinski definition) is 4. The first-order chi connectivity index (χ1) is 13.5. The van der Waals surface area contributed by atoms with Gasteiger partial charge in [0.15, 0.2) is 5.69 Å². The van der Waals surface area contributed by atoms with Crippen LogP contribution in [0.15, 0.2) is 36.4 Å². The second-order valence-electron chi connectivity index (χ2n) is 8.03. The van der Waals surface area contributed by atoms with Gasteiger partial charge in [0, 0.05) is 38.9 Å². The van der Waals surface area contributed by atoms with Crippen molar-refractivity contribution in [1.29, 1.82) is 0 Å². The summed E-state index contributed by atoms with van der Waals surface area (Å²) in [5, 5.41) is 4.33. The maximum absolute atomic E-state index is 12.7.